The van der Waals surface area contributed by atoms with Crippen LogP contribution in [0.1, 0.15) is 61.4 Å². The first-order valence-corrected chi connectivity index (χ1v) is 16.2. The van der Waals surface area contributed by atoms with Crippen molar-refractivity contribution >= 4 is 35.2 Å². The summed E-state index contributed by atoms with van der Waals surface area (Å²) in [5.74, 6) is 0.528. The van der Waals surface area contributed by atoms with E-state index in [0.717, 1.165) is 29.5 Å². The summed E-state index contributed by atoms with van der Waals surface area (Å²) in [5.41, 5.74) is 4.71. The molecule has 0 aliphatic heterocycles. The molecule has 0 spiro atoms. The summed E-state index contributed by atoms with van der Waals surface area (Å²) in [6, 6.07) is 17.5. The molecule has 0 bridgehead atoms. The van der Waals surface area contributed by atoms with E-state index in [1.54, 1.807) is 12.1 Å². The Hall–Kier alpha value is -3.42. The molecule has 4 rings (SSSR count). The van der Waals surface area contributed by atoms with E-state index in [2.05, 4.69) is 26.0 Å². The van der Waals surface area contributed by atoms with Crippen LogP contribution in [0.5, 0.6) is 11.5 Å². The Labute approximate surface area is 277 Å². The van der Waals surface area contributed by atoms with E-state index in [0.29, 0.717) is 34.5 Å². The molecule has 1 aliphatic carbocycles. The Morgan fingerprint density at radius 2 is 1.58 bits per heavy atom. The summed E-state index contributed by atoms with van der Waals surface area (Å²) in [6.45, 7) is 12.8. The molecule has 7 nitrogen and oxygen atoms in total. The first kappa shape index (κ1) is 34.5. The number of amides is 2. The van der Waals surface area contributed by atoms with Gasteiger partial charge in [-0.15, -0.1) is 0 Å². The summed E-state index contributed by atoms with van der Waals surface area (Å²) in [5, 5.41) is 11.0. The Morgan fingerprint density at radius 1 is 0.956 bits per heavy atom. The zero-order chi connectivity index (χ0) is 32.9. The normalized spacial score (nSPS) is 13.7. The number of halogens is 2. The summed E-state index contributed by atoms with van der Waals surface area (Å²) in [4.78, 5) is 30.0. The molecule has 1 atom stereocenters. The quantitative estimate of drug-likeness (QED) is 0.187. The van der Waals surface area contributed by atoms with Crippen LogP contribution >= 0.6 is 23.2 Å². The second-order valence-corrected chi connectivity index (χ2v) is 13.7. The van der Waals surface area contributed by atoms with Gasteiger partial charge in [-0.2, -0.15) is 0 Å². The molecule has 45 heavy (non-hydrogen) atoms. The van der Waals surface area contributed by atoms with E-state index in [9.17, 15) is 14.7 Å². The third-order valence-corrected chi connectivity index (χ3v) is 8.83. The third-order valence-electron chi connectivity index (χ3n) is 8.27. The predicted octanol–water partition coefficient (Wildman–Crippen LogP) is 8.50. The van der Waals surface area contributed by atoms with E-state index in [1.165, 1.54) is 16.0 Å². The predicted molar refractivity (Wildman–Crippen MR) is 180 cm³/mol. The van der Waals surface area contributed by atoms with Crippen LogP contribution in [-0.4, -0.2) is 58.2 Å². The average Bonchev–Trinajstić information content (AvgIpc) is 3.80. The minimum atomic E-state index is -1.04. The van der Waals surface area contributed by atoms with Crippen LogP contribution in [0.4, 0.5) is 4.79 Å². The number of ether oxygens (including phenoxy) is 2. The lowest BCUT2D eigenvalue weighted by molar-refractivity contribution is -0.137. The molecule has 3 aromatic rings. The van der Waals surface area contributed by atoms with Gasteiger partial charge in [-0.1, -0.05) is 53.5 Å². The standard InChI is InChI=1S/C36H44Cl2N2O5/c1-23-18-31(37)33(32(38)19-23)45-17-16-44-30-14-10-26(11-15-30)20-28(22-40(35(42)43)36(4,5)6)34(41)39(29-12-13-29)21-27-9-7-8-24(2)25(27)3/h7-11,14-15,18-19,28-29H,12-13,16-17,20-22H2,1-6H3,(H,42,43). The second-order valence-electron chi connectivity index (χ2n) is 12.9. The molecule has 0 aromatic heterocycles. The highest BCUT2D eigenvalue weighted by atomic mass is 35.5. The average molecular weight is 656 g/mol. The fourth-order valence-electron chi connectivity index (χ4n) is 5.40. The van der Waals surface area contributed by atoms with E-state index in [-0.39, 0.29) is 31.7 Å². The van der Waals surface area contributed by atoms with Gasteiger partial charge < -0.3 is 24.4 Å². The van der Waals surface area contributed by atoms with Gasteiger partial charge in [0, 0.05) is 24.7 Å². The van der Waals surface area contributed by atoms with Gasteiger partial charge in [0.25, 0.3) is 0 Å². The van der Waals surface area contributed by atoms with Gasteiger partial charge in [0.2, 0.25) is 5.91 Å². The maximum Gasteiger partial charge on any atom is 0.407 e. The first-order valence-electron chi connectivity index (χ1n) is 15.4. The highest BCUT2D eigenvalue weighted by Gasteiger charge is 2.39. The SMILES string of the molecule is Cc1cc(Cl)c(OCCOc2ccc(CC(CN(C(=O)O)C(C)(C)C)C(=O)N(Cc3cccc(C)c3C)C3CC3)cc2)c(Cl)c1. The second kappa shape index (κ2) is 14.8. The molecule has 1 unspecified atom stereocenters. The maximum atomic E-state index is 14.3. The van der Waals surface area contributed by atoms with Crippen molar-refractivity contribution in [3.63, 3.8) is 0 Å². The molecule has 0 saturated heterocycles. The Balaban J connectivity index is 1.47. The molecule has 9 heteroatoms. The van der Waals surface area contributed by atoms with Gasteiger partial charge in [-0.05, 0) is 113 Å². The fraction of sp³-hybridized carbons (Fsp3) is 0.444. The summed E-state index contributed by atoms with van der Waals surface area (Å²) >= 11 is 12.5. The van der Waals surface area contributed by atoms with E-state index in [1.807, 2.05) is 62.9 Å². The minimum absolute atomic E-state index is 0.0141. The minimum Gasteiger partial charge on any atom is -0.490 e. The Kier molecular flexibility index (Phi) is 11.3. The molecule has 1 saturated carbocycles. The number of nitrogens with zero attached hydrogens (tertiary/aromatic N) is 2. The van der Waals surface area contributed by atoms with E-state index in [4.69, 9.17) is 32.7 Å². The molecule has 1 aliphatic rings. The molecule has 0 heterocycles. The number of carbonyl (C=O) groups excluding carboxylic acids is 1. The number of hydrogen-bond acceptors (Lipinski definition) is 4. The zero-order valence-electron chi connectivity index (χ0n) is 27.0. The van der Waals surface area contributed by atoms with Gasteiger partial charge in [-0.25, -0.2) is 4.79 Å². The van der Waals surface area contributed by atoms with Crippen molar-refractivity contribution in [2.24, 2.45) is 5.92 Å². The Bertz CT molecular complexity index is 1480. The lowest BCUT2D eigenvalue weighted by Gasteiger charge is -2.37. The zero-order valence-corrected chi connectivity index (χ0v) is 28.5. The summed E-state index contributed by atoms with van der Waals surface area (Å²) < 4.78 is 11.6. The van der Waals surface area contributed by atoms with Crippen LogP contribution in [0, 0.1) is 26.7 Å². The van der Waals surface area contributed by atoms with Crippen molar-refractivity contribution in [1.29, 1.82) is 0 Å². The smallest absolute Gasteiger partial charge is 0.407 e. The molecular weight excluding hydrogens is 611 g/mol. The van der Waals surface area contributed by atoms with Gasteiger partial charge >= 0.3 is 6.09 Å². The van der Waals surface area contributed by atoms with E-state index < -0.39 is 17.6 Å². The number of hydrogen-bond donors (Lipinski definition) is 1. The Morgan fingerprint density at radius 3 is 2.16 bits per heavy atom. The van der Waals surface area contributed by atoms with Crippen LogP contribution in [-0.2, 0) is 17.8 Å². The molecule has 1 N–H and O–H groups in total. The summed E-state index contributed by atoms with van der Waals surface area (Å²) in [7, 11) is 0. The highest BCUT2D eigenvalue weighted by molar-refractivity contribution is 6.37. The van der Waals surface area contributed by atoms with Crippen LogP contribution in [0.15, 0.2) is 54.6 Å². The van der Waals surface area contributed by atoms with Crippen molar-refractivity contribution in [1.82, 2.24) is 9.80 Å². The molecule has 1 fully saturated rings. The van der Waals surface area contributed by atoms with Crippen LogP contribution in [0.25, 0.3) is 0 Å². The number of rotatable bonds is 13. The van der Waals surface area contributed by atoms with Crippen molar-refractivity contribution < 1.29 is 24.2 Å². The molecular formula is C36H44Cl2N2O5. The molecule has 2 amide bonds. The lowest BCUT2D eigenvalue weighted by atomic mass is 9.94. The lowest BCUT2D eigenvalue weighted by Crippen LogP contribution is -2.51. The monoisotopic (exact) mass is 654 g/mol. The van der Waals surface area contributed by atoms with Crippen molar-refractivity contribution in [2.45, 2.75) is 78.9 Å². The van der Waals surface area contributed by atoms with Gasteiger partial charge in [0.15, 0.2) is 5.75 Å². The number of aryl methyl sites for hydroxylation is 2. The van der Waals surface area contributed by atoms with Crippen LogP contribution in [0.2, 0.25) is 10.0 Å². The molecule has 0 radical (unpaired) electrons. The van der Waals surface area contributed by atoms with Crippen LogP contribution < -0.4 is 9.47 Å². The first-order chi connectivity index (χ1) is 21.2. The van der Waals surface area contributed by atoms with Gasteiger partial charge in [0.05, 0.1) is 16.0 Å². The highest BCUT2D eigenvalue weighted by Crippen LogP contribution is 2.34. The van der Waals surface area contributed by atoms with Crippen molar-refractivity contribution in [2.75, 3.05) is 19.8 Å². The van der Waals surface area contributed by atoms with Crippen molar-refractivity contribution in [3.8, 4) is 11.5 Å². The van der Waals surface area contributed by atoms with E-state index >= 15 is 0 Å². The van der Waals surface area contributed by atoms with Gasteiger partial charge in [0.1, 0.15) is 19.0 Å². The largest absolute Gasteiger partial charge is 0.490 e. The van der Waals surface area contributed by atoms with Gasteiger partial charge in [-0.3, -0.25) is 4.79 Å². The number of carboxylic acid groups (broad SMARTS) is 1. The number of carbonyl (C=O) groups is 2. The molecule has 3 aromatic carbocycles. The van der Waals surface area contributed by atoms with Crippen LogP contribution in [0.3, 0.4) is 0 Å². The fourth-order valence-corrected chi connectivity index (χ4v) is 6.10. The summed E-state index contributed by atoms with van der Waals surface area (Å²) in [6.07, 6.45) is 1.29. The van der Waals surface area contributed by atoms with Crippen molar-refractivity contribution in [3.05, 3.63) is 92.5 Å². The topological polar surface area (TPSA) is 79.3 Å². The third kappa shape index (κ3) is 9.30. The number of benzene rings is 3. The maximum absolute atomic E-state index is 14.3. The molecule has 242 valence electrons.